The zero-order valence-corrected chi connectivity index (χ0v) is 33.8. The smallest absolute Gasteiger partial charge is 0.410 e. The van der Waals surface area contributed by atoms with Gasteiger partial charge in [-0.2, -0.15) is 0 Å². The maximum atomic E-state index is 13.7. The van der Waals surface area contributed by atoms with Crippen LogP contribution in [0, 0.1) is 11.8 Å². The van der Waals surface area contributed by atoms with Crippen molar-refractivity contribution in [2.45, 2.75) is 173 Å². The van der Waals surface area contributed by atoms with Gasteiger partial charge in [0.1, 0.15) is 6.10 Å². The summed E-state index contributed by atoms with van der Waals surface area (Å²) in [5.74, 6) is -1.54. The number of aliphatic hydroxyl groups excluding tert-OH is 2. The van der Waals surface area contributed by atoms with E-state index in [1.165, 1.54) is 45.4 Å². The Bertz CT molecular complexity index is 1330. The molecule has 0 radical (unpaired) electrons. The van der Waals surface area contributed by atoms with E-state index in [2.05, 4.69) is 4.90 Å². The lowest BCUT2D eigenvalue weighted by molar-refractivity contribution is -0.158. The van der Waals surface area contributed by atoms with Gasteiger partial charge in [0.2, 0.25) is 0 Å². The second kappa shape index (κ2) is 19.9. The van der Waals surface area contributed by atoms with Crippen LogP contribution in [0.5, 0.6) is 0 Å². The monoisotopic (exact) mass is 760 g/mol. The van der Waals surface area contributed by atoms with E-state index < -0.39 is 59.6 Å². The van der Waals surface area contributed by atoms with E-state index in [4.69, 9.17) is 18.9 Å². The summed E-state index contributed by atoms with van der Waals surface area (Å²) in [5.41, 5.74) is -1.80. The number of aliphatic hydroxyl groups is 3. The number of ether oxygens (including phenoxy) is 4. The second-order valence-electron chi connectivity index (χ2n) is 16.7. The molecular weight excluding hydrogens is 692 g/mol. The Morgan fingerprint density at radius 3 is 2.39 bits per heavy atom. The third-order valence-electron chi connectivity index (χ3n) is 11.9. The molecule has 10 atom stereocenters. The maximum Gasteiger partial charge on any atom is 0.410 e. The standard InChI is InChI=1S/C42H68N2O10/c1-8-34(47)30(4)39-35(52-39)27-41(6,50)20-13-14-28(2)38-29(3)17-18-36(51-31(5)45)42(7,21-19-33(46)26-37(48)53-38)54-40(49)44-24-22-43(23-25-44)32-15-11-9-10-12-16-32/h13-14,17-18,20,29-30,32-36,38-39,46-47,50H,8-12,15-16,19,21-27H2,1-7H3/b18-17-,20-13+,28-14+. The van der Waals surface area contributed by atoms with Gasteiger partial charge >= 0.3 is 18.0 Å². The van der Waals surface area contributed by atoms with Crippen LogP contribution >= 0.6 is 0 Å². The minimum atomic E-state index is -1.33. The highest BCUT2D eigenvalue weighted by Gasteiger charge is 2.47. The number of amides is 1. The predicted molar refractivity (Wildman–Crippen MR) is 205 cm³/mol. The van der Waals surface area contributed by atoms with Gasteiger partial charge in [0, 0.05) is 57.4 Å². The molecule has 0 aromatic carbocycles. The molecule has 306 valence electrons. The van der Waals surface area contributed by atoms with Gasteiger partial charge < -0.3 is 39.2 Å². The molecule has 3 fully saturated rings. The normalized spacial score (nSPS) is 34.0. The lowest BCUT2D eigenvalue weighted by atomic mass is 9.88. The van der Waals surface area contributed by atoms with Gasteiger partial charge in [-0.1, -0.05) is 70.8 Å². The molecule has 1 aliphatic carbocycles. The molecule has 12 nitrogen and oxygen atoms in total. The highest BCUT2D eigenvalue weighted by atomic mass is 16.6. The molecule has 12 heteroatoms. The lowest BCUT2D eigenvalue weighted by Crippen LogP contribution is -2.54. The van der Waals surface area contributed by atoms with Gasteiger partial charge in [-0.15, -0.1) is 0 Å². The number of hydrogen-bond donors (Lipinski definition) is 3. The Kier molecular flexibility index (Phi) is 16.2. The molecule has 3 heterocycles. The van der Waals surface area contributed by atoms with Crippen LogP contribution in [0.1, 0.15) is 119 Å². The topological polar surface area (TPSA) is 159 Å². The van der Waals surface area contributed by atoms with E-state index in [-0.39, 0.29) is 37.4 Å². The number of allylic oxidation sites excluding steroid dienone is 2. The first kappa shape index (κ1) is 44.0. The van der Waals surface area contributed by atoms with Crippen LogP contribution in [0.15, 0.2) is 36.0 Å². The third kappa shape index (κ3) is 12.9. The number of carbonyl (C=O) groups excluding carboxylic acids is 3. The number of piperazine rings is 1. The largest absolute Gasteiger partial charge is 0.457 e. The first-order valence-electron chi connectivity index (χ1n) is 20.4. The molecule has 0 aromatic heterocycles. The van der Waals surface area contributed by atoms with Crippen LogP contribution < -0.4 is 0 Å². The highest BCUT2D eigenvalue weighted by molar-refractivity contribution is 5.71. The minimum Gasteiger partial charge on any atom is -0.457 e. The maximum absolute atomic E-state index is 13.7. The number of cyclic esters (lactones) is 1. The number of nitrogens with zero attached hydrogens (tertiary/aromatic N) is 2. The van der Waals surface area contributed by atoms with E-state index in [0.29, 0.717) is 37.5 Å². The van der Waals surface area contributed by atoms with Crippen LogP contribution in [-0.2, 0) is 28.5 Å². The summed E-state index contributed by atoms with van der Waals surface area (Å²) in [7, 11) is 0. The fourth-order valence-corrected chi connectivity index (χ4v) is 8.24. The Hall–Kier alpha value is -2.77. The van der Waals surface area contributed by atoms with Gasteiger partial charge in [0.25, 0.3) is 0 Å². The molecule has 4 rings (SSSR count). The molecule has 0 aromatic rings. The number of hydrogen-bond acceptors (Lipinski definition) is 11. The predicted octanol–water partition coefficient (Wildman–Crippen LogP) is 5.62. The van der Waals surface area contributed by atoms with E-state index in [1.54, 1.807) is 49.1 Å². The molecule has 0 bridgehead atoms. The van der Waals surface area contributed by atoms with Gasteiger partial charge in [0.05, 0.1) is 36.4 Å². The molecule has 3 aliphatic heterocycles. The molecule has 54 heavy (non-hydrogen) atoms. The summed E-state index contributed by atoms with van der Waals surface area (Å²) in [4.78, 5) is 43.4. The number of carbonyl (C=O) groups is 3. The first-order valence-corrected chi connectivity index (χ1v) is 20.4. The van der Waals surface area contributed by atoms with Gasteiger partial charge in [0.15, 0.2) is 11.7 Å². The van der Waals surface area contributed by atoms with Crippen molar-refractivity contribution in [3.8, 4) is 0 Å². The Labute approximate surface area is 322 Å². The van der Waals surface area contributed by atoms with Crippen LogP contribution in [0.3, 0.4) is 0 Å². The average Bonchev–Trinajstić information content (AvgIpc) is 3.93. The van der Waals surface area contributed by atoms with Crippen LogP contribution in [0.2, 0.25) is 0 Å². The number of esters is 2. The second-order valence-corrected chi connectivity index (χ2v) is 16.7. The quantitative estimate of drug-likeness (QED) is 0.0600. The molecule has 1 amide bonds. The summed E-state index contributed by atoms with van der Waals surface area (Å²) in [5, 5.41) is 32.2. The van der Waals surface area contributed by atoms with E-state index in [1.807, 2.05) is 27.7 Å². The van der Waals surface area contributed by atoms with E-state index >= 15 is 0 Å². The van der Waals surface area contributed by atoms with E-state index in [9.17, 15) is 29.7 Å². The van der Waals surface area contributed by atoms with Gasteiger partial charge in [-0.05, 0) is 64.5 Å². The average molecular weight is 761 g/mol. The fraction of sp³-hybridized carbons (Fsp3) is 0.786. The number of epoxide rings is 1. The Balaban J connectivity index is 1.47. The lowest BCUT2D eigenvalue weighted by Gasteiger charge is -2.41. The minimum absolute atomic E-state index is 0.0207. The van der Waals surface area contributed by atoms with Crippen molar-refractivity contribution in [2.24, 2.45) is 11.8 Å². The van der Waals surface area contributed by atoms with Crippen molar-refractivity contribution in [1.82, 2.24) is 9.80 Å². The summed E-state index contributed by atoms with van der Waals surface area (Å²) in [6, 6.07) is 0.558. The van der Waals surface area contributed by atoms with Gasteiger partial charge in [-0.25, -0.2) is 4.79 Å². The van der Waals surface area contributed by atoms with Crippen LogP contribution in [0.25, 0.3) is 0 Å². The molecule has 0 spiro atoms. The molecule has 4 aliphatic rings. The van der Waals surface area contributed by atoms with Crippen LogP contribution in [-0.4, -0.2) is 123 Å². The first-order chi connectivity index (χ1) is 25.5. The molecular formula is C42H68N2O10. The number of rotatable bonds is 11. The summed E-state index contributed by atoms with van der Waals surface area (Å²) in [6.45, 7) is 14.9. The van der Waals surface area contributed by atoms with Crippen LogP contribution in [0.4, 0.5) is 4.79 Å². The SMILES string of the molecule is CCC(O)C(C)C1OC1CC(C)(O)/C=C/C=C(\C)C1OC(=O)CC(O)CCC(C)(OC(=O)N2CCN(C3CCCCCC3)CC2)C(OC(C)=O)/C=C\C1C. The summed E-state index contributed by atoms with van der Waals surface area (Å²) in [6.07, 6.45) is 13.2. The zero-order chi connectivity index (χ0) is 39.6. The Morgan fingerprint density at radius 1 is 1.09 bits per heavy atom. The van der Waals surface area contributed by atoms with Crippen molar-refractivity contribution in [1.29, 1.82) is 0 Å². The summed E-state index contributed by atoms with van der Waals surface area (Å²) >= 11 is 0. The summed E-state index contributed by atoms with van der Waals surface area (Å²) < 4.78 is 23.7. The molecule has 1 saturated carbocycles. The third-order valence-corrected chi connectivity index (χ3v) is 11.9. The molecule has 3 N–H and O–H groups in total. The van der Waals surface area contributed by atoms with Crippen molar-refractivity contribution in [2.75, 3.05) is 26.2 Å². The van der Waals surface area contributed by atoms with Crippen molar-refractivity contribution >= 4 is 18.0 Å². The van der Waals surface area contributed by atoms with E-state index in [0.717, 1.165) is 13.1 Å². The van der Waals surface area contributed by atoms with Crippen molar-refractivity contribution in [3.05, 3.63) is 36.0 Å². The zero-order valence-electron chi connectivity index (χ0n) is 33.8. The van der Waals surface area contributed by atoms with Crippen molar-refractivity contribution in [3.63, 3.8) is 0 Å². The molecule has 2 saturated heterocycles. The Morgan fingerprint density at radius 2 is 1.76 bits per heavy atom. The molecule has 10 unspecified atom stereocenters. The van der Waals surface area contributed by atoms with Crippen molar-refractivity contribution < 1.29 is 48.7 Å². The fourth-order valence-electron chi connectivity index (χ4n) is 8.24. The van der Waals surface area contributed by atoms with Gasteiger partial charge in [-0.3, -0.25) is 14.5 Å². The highest BCUT2D eigenvalue weighted by Crippen LogP contribution is 2.38.